The predicted octanol–water partition coefficient (Wildman–Crippen LogP) is 3.05. The van der Waals surface area contributed by atoms with Crippen LogP contribution in [-0.4, -0.2) is 29.0 Å². The summed E-state index contributed by atoms with van der Waals surface area (Å²) in [5, 5.41) is 10.1. The fourth-order valence-corrected chi connectivity index (χ4v) is 3.85. The maximum absolute atomic E-state index is 10.1. The first-order valence-corrected chi connectivity index (χ1v) is 12.6. The summed E-state index contributed by atoms with van der Waals surface area (Å²) in [4.78, 5) is 0. The number of hydrogen-bond acceptors (Lipinski definition) is 2. The lowest BCUT2D eigenvalue weighted by atomic mass is 10.0. The third-order valence-electron chi connectivity index (χ3n) is 5.60. The minimum Gasteiger partial charge on any atom is -1.00 e. The Morgan fingerprint density at radius 1 is 0.800 bits per heavy atom. The van der Waals surface area contributed by atoms with Gasteiger partial charge in [0.15, 0.2) is 0 Å². The fraction of sp³-hybridized carbons (Fsp3) is 0.880. The Hall–Kier alpha value is -0.580. The van der Waals surface area contributed by atoms with Crippen LogP contribution in [0.4, 0.5) is 0 Å². The topological polar surface area (TPSA) is 38.3 Å². The largest absolute Gasteiger partial charge is 1.00 e. The van der Waals surface area contributed by atoms with E-state index in [0.717, 1.165) is 26.0 Å². The van der Waals surface area contributed by atoms with Gasteiger partial charge in [-0.2, -0.15) is 0 Å². The lowest BCUT2D eigenvalue weighted by Crippen LogP contribution is -3.00. The van der Waals surface area contributed by atoms with E-state index in [-0.39, 0.29) is 12.4 Å². The van der Waals surface area contributed by atoms with Gasteiger partial charge in [-0.05, 0) is 12.8 Å². The van der Waals surface area contributed by atoms with E-state index in [4.69, 9.17) is 4.74 Å². The highest BCUT2D eigenvalue weighted by Gasteiger charge is 2.10. The van der Waals surface area contributed by atoms with Crippen LogP contribution in [0.3, 0.4) is 0 Å². The van der Waals surface area contributed by atoms with Gasteiger partial charge in [-0.25, -0.2) is 9.13 Å². The molecule has 30 heavy (non-hydrogen) atoms. The number of aliphatic hydroxyl groups is 1. The highest BCUT2D eigenvalue weighted by Crippen LogP contribution is 2.12. The summed E-state index contributed by atoms with van der Waals surface area (Å²) in [5.74, 6) is 0. The molecule has 0 aromatic carbocycles. The molecule has 0 bridgehead atoms. The van der Waals surface area contributed by atoms with E-state index in [2.05, 4.69) is 30.9 Å². The van der Waals surface area contributed by atoms with Gasteiger partial charge in [0.25, 0.3) is 0 Å². The van der Waals surface area contributed by atoms with Crippen LogP contribution in [0.1, 0.15) is 110 Å². The number of halogens is 1. The van der Waals surface area contributed by atoms with Crippen molar-refractivity contribution in [1.82, 2.24) is 4.57 Å². The zero-order chi connectivity index (χ0) is 21.0. The average Bonchev–Trinajstić information content (AvgIpc) is 3.14. The van der Waals surface area contributed by atoms with E-state index < -0.39 is 6.10 Å². The Balaban J connectivity index is 0.00000841. The molecule has 0 radical (unpaired) electrons. The maximum atomic E-state index is 10.1. The summed E-state index contributed by atoms with van der Waals surface area (Å²) < 4.78 is 9.85. The minimum atomic E-state index is -0.427. The first-order chi connectivity index (χ1) is 14.3. The second-order valence-corrected chi connectivity index (χ2v) is 8.67. The van der Waals surface area contributed by atoms with Gasteiger partial charge in [0.05, 0.1) is 13.2 Å². The van der Waals surface area contributed by atoms with E-state index in [1.807, 2.05) is 10.8 Å². The van der Waals surface area contributed by atoms with Crippen LogP contribution in [0.25, 0.3) is 0 Å². The average molecular weight is 445 g/mol. The monoisotopic (exact) mass is 444 g/mol. The molecule has 0 aliphatic carbocycles. The molecule has 0 aliphatic rings. The highest BCUT2D eigenvalue weighted by molar-refractivity contribution is 4.66. The number of aryl methyl sites for hydroxylation is 1. The van der Waals surface area contributed by atoms with Gasteiger partial charge in [-0.15, -0.1) is 0 Å². The summed E-state index contributed by atoms with van der Waals surface area (Å²) in [6.45, 7) is 7.30. The number of imidazole rings is 1. The number of nitrogens with zero attached hydrogens (tertiary/aromatic N) is 2. The normalized spacial score (nSPS) is 12.1. The molecule has 1 N–H and O–H groups in total. The van der Waals surface area contributed by atoms with Crippen LogP contribution in [0.5, 0.6) is 0 Å². The molecule has 0 spiro atoms. The second kappa shape index (κ2) is 21.6. The summed E-state index contributed by atoms with van der Waals surface area (Å²) in [7, 11) is 0. The van der Waals surface area contributed by atoms with Crippen molar-refractivity contribution >= 4 is 0 Å². The standard InChI is InChI=1S/C25H49N2O2.ClH/c1-3-5-6-7-8-9-10-11-12-13-14-15-16-17-21-29-23-25(28)22-27-20-19-26(24-27)18-4-2;/h19-20,24-25,28H,3-18,21-23H2,1-2H3;1H/q+1;/p-1. The molecule has 0 amide bonds. The SMILES string of the molecule is CCCCCCCCCCCCCCCCOCC(O)C[n+]1ccn(CCC)c1.[Cl-]. The summed E-state index contributed by atoms with van der Waals surface area (Å²) in [6, 6.07) is 0. The van der Waals surface area contributed by atoms with Gasteiger partial charge in [-0.1, -0.05) is 97.3 Å². The van der Waals surface area contributed by atoms with Crippen LogP contribution in [0.2, 0.25) is 0 Å². The van der Waals surface area contributed by atoms with Gasteiger partial charge in [-0.3, -0.25) is 0 Å². The van der Waals surface area contributed by atoms with E-state index >= 15 is 0 Å². The first-order valence-electron chi connectivity index (χ1n) is 12.6. The molecule has 0 saturated heterocycles. The second-order valence-electron chi connectivity index (χ2n) is 8.67. The third-order valence-corrected chi connectivity index (χ3v) is 5.60. The summed E-state index contributed by atoms with van der Waals surface area (Å²) in [5.41, 5.74) is 0. The van der Waals surface area contributed by atoms with Crippen LogP contribution in [0.15, 0.2) is 18.7 Å². The lowest BCUT2D eigenvalue weighted by Gasteiger charge is -2.09. The van der Waals surface area contributed by atoms with Crippen molar-refractivity contribution in [2.75, 3.05) is 13.2 Å². The first kappa shape index (κ1) is 29.4. The Bertz CT molecular complexity index is 468. The number of hydrogen-bond donors (Lipinski definition) is 1. The zero-order valence-corrected chi connectivity index (χ0v) is 20.6. The number of unbranched alkanes of at least 4 members (excludes halogenated alkanes) is 13. The van der Waals surface area contributed by atoms with E-state index in [1.165, 1.54) is 83.5 Å². The number of aliphatic hydroxyl groups excluding tert-OH is 1. The summed E-state index contributed by atoms with van der Waals surface area (Å²) >= 11 is 0. The molecule has 178 valence electrons. The lowest BCUT2D eigenvalue weighted by molar-refractivity contribution is -0.703. The molecule has 0 aliphatic heterocycles. The van der Waals surface area contributed by atoms with Gasteiger partial charge in [0.1, 0.15) is 25.0 Å². The van der Waals surface area contributed by atoms with Crippen LogP contribution >= 0.6 is 0 Å². The smallest absolute Gasteiger partial charge is 0.243 e. The van der Waals surface area contributed by atoms with E-state index in [1.54, 1.807) is 0 Å². The Morgan fingerprint density at radius 2 is 1.33 bits per heavy atom. The minimum absolute atomic E-state index is 0. The molecule has 0 saturated carbocycles. The van der Waals surface area contributed by atoms with E-state index in [9.17, 15) is 5.11 Å². The van der Waals surface area contributed by atoms with Crippen molar-refractivity contribution in [1.29, 1.82) is 0 Å². The number of aromatic nitrogens is 2. The molecule has 1 aromatic rings. The fourth-order valence-electron chi connectivity index (χ4n) is 3.85. The van der Waals surface area contributed by atoms with Crippen molar-refractivity contribution in [3.63, 3.8) is 0 Å². The van der Waals surface area contributed by atoms with Crippen LogP contribution in [-0.2, 0) is 17.8 Å². The van der Waals surface area contributed by atoms with Crippen LogP contribution in [0, 0.1) is 0 Å². The molecule has 1 aromatic heterocycles. The molecule has 1 atom stereocenters. The number of rotatable bonds is 21. The zero-order valence-electron chi connectivity index (χ0n) is 19.9. The molecule has 5 heteroatoms. The van der Waals surface area contributed by atoms with Gasteiger partial charge in [0.2, 0.25) is 6.33 Å². The van der Waals surface area contributed by atoms with Crippen molar-refractivity contribution in [3.8, 4) is 0 Å². The predicted molar refractivity (Wildman–Crippen MR) is 122 cm³/mol. The Morgan fingerprint density at radius 3 is 1.87 bits per heavy atom. The summed E-state index contributed by atoms with van der Waals surface area (Å²) in [6.07, 6.45) is 26.1. The molecule has 1 unspecified atom stereocenters. The molecular formula is C25H49ClN2O2. The van der Waals surface area contributed by atoms with Gasteiger partial charge in [0, 0.05) is 6.61 Å². The Kier molecular flexibility index (Phi) is 21.2. The van der Waals surface area contributed by atoms with Gasteiger partial charge >= 0.3 is 0 Å². The molecular weight excluding hydrogens is 396 g/mol. The molecule has 0 fully saturated rings. The van der Waals surface area contributed by atoms with Crippen molar-refractivity contribution < 1.29 is 26.8 Å². The Labute approximate surface area is 192 Å². The maximum Gasteiger partial charge on any atom is 0.243 e. The van der Waals surface area contributed by atoms with Crippen molar-refractivity contribution in [2.24, 2.45) is 0 Å². The van der Waals surface area contributed by atoms with Gasteiger partial charge < -0.3 is 22.3 Å². The number of ether oxygens (including phenoxy) is 1. The molecule has 4 nitrogen and oxygen atoms in total. The van der Waals surface area contributed by atoms with Crippen molar-refractivity contribution in [3.05, 3.63) is 18.7 Å². The van der Waals surface area contributed by atoms with Crippen molar-refractivity contribution in [2.45, 2.75) is 129 Å². The quantitative estimate of drug-likeness (QED) is 0.234. The molecule has 1 heterocycles. The molecule has 1 rings (SSSR count). The third kappa shape index (κ3) is 17.1. The van der Waals surface area contributed by atoms with E-state index in [0.29, 0.717) is 13.2 Å². The van der Waals surface area contributed by atoms with Crippen LogP contribution < -0.4 is 17.0 Å². The highest BCUT2D eigenvalue weighted by atomic mass is 35.5.